The topological polar surface area (TPSA) is 110 Å². The maximum atomic E-state index is 11.7. The molecular formula is C13H17NO6S. The Labute approximate surface area is 122 Å². The van der Waals surface area contributed by atoms with Gasteiger partial charge in [0.15, 0.2) is 9.84 Å². The number of carbonyl (C=O) groups is 2. The third-order valence-corrected chi connectivity index (χ3v) is 3.40. The van der Waals surface area contributed by atoms with Crippen molar-refractivity contribution in [1.29, 1.82) is 0 Å². The molecular weight excluding hydrogens is 298 g/mol. The van der Waals surface area contributed by atoms with Gasteiger partial charge in [0.2, 0.25) is 0 Å². The summed E-state index contributed by atoms with van der Waals surface area (Å²) in [6, 6.07) is 3.40. The number of sulfone groups is 1. The lowest BCUT2D eigenvalue weighted by Gasteiger charge is -2.20. The number of nitrogens with one attached hydrogen (secondary N) is 1. The van der Waals surface area contributed by atoms with Crippen molar-refractivity contribution in [2.24, 2.45) is 0 Å². The zero-order valence-corrected chi connectivity index (χ0v) is 12.9. The molecule has 0 aliphatic rings. The highest BCUT2D eigenvalue weighted by Crippen LogP contribution is 2.23. The molecule has 1 amide bonds. The van der Waals surface area contributed by atoms with E-state index >= 15 is 0 Å². The first-order chi connectivity index (χ1) is 9.40. The fourth-order valence-corrected chi connectivity index (χ4v) is 2.34. The van der Waals surface area contributed by atoms with Gasteiger partial charge in [-0.05, 0) is 39.0 Å². The summed E-state index contributed by atoms with van der Waals surface area (Å²) in [5, 5.41) is 11.2. The first-order valence-electron chi connectivity index (χ1n) is 5.97. The second-order valence-electron chi connectivity index (χ2n) is 5.42. The third-order valence-electron chi connectivity index (χ3n) is 2.26. The van der Waals surface area contributed by atoms with Gasteiger partial charge in [-0.2, -0.15) is 0 Å². The van der Waals surface area contributed by atoms with Gasteiger partial charge in [0.1, 0.15) is 5.60 Å². The van der Waals surface area contributed by atoms with Gasteiger partial charge in [0.25, 0.3) is 0 Å². The van der Waals surface area contributed by atoms with Gasteiger partial charge < -0.3 is 9.84 Å². The van der Waals surface area contributed by atoms with E-state index in [1.165, 1.54) is 12.1 Å². The number of aromatic carboxylic acids is 1. The number of carboxylic acid groups (broad SMARTS) is 1. The van der Waals surface area contributed by atoms with Crippen molar-refractivity contribution in [3.8, 4) is 0 Å². The molecule has 2 N–H and O–H groups in total. The minimum atomic E-state index is -3.71. The molecule has 1 rings (SSSR count). The molecule has 0 bridgehead atoms. The number of amides is 1. The SMILES string of the molecule is CC(C)(C)OC(=O)Nc1ccc(C(=O)O)cc1S(C)(=O)=O. The van der Waals surface area contributed by atoms with E-state index in [1.807, 2.05) is 0 Å². The predicted octanol–water partition coefficient (Wildman–Crippen LogP) is 2.14. The lowest BCUT2D eigenvalue weighted by Crippen LogP contribution is -2.27. The number of hydrogen-bond donors (Lipinski definition) is 2. The monoisotopic (exact) mass is 315 g/mol. The van der Waals surface area contributed by atoms with E-state index in [2.05, 4.69) is 5.32 Å². The summed E-state index contributed by atoms with van der Waals surface area (Å²) in [4.78, 5) is 22.3. The molecule has 1 aromatic rings. The van der Waals surface area contributed by atoms with Crippen molar-refractivity contribution in [2.75, 3.05) is 11.6 Å². The molecule has 116 valence electrons. The lowest BCUT2D eigenvalue weighted by molar-refractivity contribution is 0.0634. The number of benzene rings is 1. The Morgan fingerprint density at radius 3 is 2.24 bits per heavy atom. The molecule has 7 nitrogen and oxygen atoms in total. The van der Waals surface area contributed by atoms with Crippen LogP contribution in [0.2, 0.25) is 0 Å². The van der Waals surface area contributed by atoms with Crippen LogP contribution in [-0.2, 0) is 14.6 Å². The summed E-state index contributed by atoms with van der Waals surface area (Å²) in [6.07, 6.45) is 0.101. The third kappa shape index (κ3) is 5.07. The van der Waals surface area contributed by atoms with E-state index in [0.717, 1.165) is 12.3 Å². The van der Waals surface area contributed by atoms with Crippen molar-refractivity contribution >= 4 is 27.6 Å². The average molecular weight is 315 g/mol. The highest BCUT2D eigenvalue weighted by Gasteiger charge is 2.21. The highest BCUT2D eigenvalue weighted by atomic mass is 32.2. The molecule has 1 aromatic carbocycles. The average Bonchev–Trinajstić information content (AvgIpc) is 2.24. The zero-order valence-electron chi connectivity index (χ0n) is 12.1. The van der Waals surface area contributed by atoms with Crippen LogP contribution in [0.3, 0.4) is 0 Å². The van der Waals surface area contributed by atoms with Gasteiger partial charge in [-0.15, -0.1) is 0 Å². The standard InChI is InChI=1S/C13H17NO6S/c1-13(2,3)20-12(17)14-9-6-5-8(11(15)16)7-10(9)21(4,18)19/h5-7H,1-4H3,(H,14,17)(H,15,16). The molecule has 0 saturated carbocycles. The summed E-state index contributed by atoms with van der Waals surface area (Å²) >= 11 is 0. The van der Waals surface area contributed by atoms with Crippen LogP contribution >= 0.6 is 0 Å². The first kappa shape index (κ1) is 17.0. The van der Waals surface area contributed by atoms with Gasteiger partial charge in [-0.25, -0.2) is 18.0 Å². The van der Waals surface area contributed by atoms with Crippen LogP contribution in [0, 0.1) is 0 Å². The van der Waals surface area contributed by atoms with Crippen LogP contribution in [0.4, 0.5) is 10.5 Å². The van der Waals surface area contributed by atoms with Crippen molar-refractivity contribution in [2.45, 2.75) is 31.3 Å². The molecule has 0 aliphatic carbocycles. The summed E-state index contributed by atoms with van der Waals surface area (Å²) in [5.41, 5.74) is -0.960. The van der Waals surface area contributed by atoms with Crippen LogP contribution in [0.15, 0.2) is 23.1 Å². The zero-order chi connectivity index (χ0) is 16.4. The Bertz CT molecular complexity index is 672. The second kappa shape index (κ2) is 5.72. The van der Waals surface area contributed by atoms with E-state index in [1.54, 1.807) is 20.8 Å². The number of anilines is 1. The van der Waals surface area contributed by atoms with Crippen molar-refractivity contribution in [1.82, 2.24) is 0 Å². The predicted molar refractivity (Wildman–Crippen MR) is 76.4 cm³/mol. The molecule has 8 heteroatoms. The Morgan fingerprint density at radius 1 is 1.24 bits per heavy atom. The fraction of sp³-hybridized carbons (Fsp3) is 0.385. The van der Waals surface area contributed by atoms with Gasteiger partial charge >= 0.3 is 12.1 Å². The van der Waals surface area contributed by atoms with Crippen LogP contribution in [0.1, 0.15) is 31.1 Å². The second-order valence-corrected chi connectivity index (χ2v) is 7.40. The van der Waals surface area contributed by atoms with Crippen molar-refractivity contribution < 1.29 is 27.9 Å². The number of ether oxygens (including phenoxy) is 1. The maximum Gasteiger partial charge on any atom is 0.412 e. The van der Waals surface area contributed by atoms with E-state index < -0.39 is 27.5 Å². The number of rotatable bonds is 3. The normalized spacial score (nSPS) is 11.8. The molecule has 0 spiro atoms. The Hall–Kier alpha value is -2.09. The van der Waals surface area contributed by atoms with Crippen molar-refractivity contribution in [3.63, 3.8) is 0 Å². The van der Waals surface area contributed by atoms with Crippen LogP contribution < -0.4 is 5.32 Å². The Morgan fingerprint density at radius 2 is 1.81 bits per heavy atom. The summed E-state index contributed by atoms with van der Waals surface area (Å²) in [7, 11) is -3.71. The van der Waals surface area contributed by atoms with Crippen molar-refractivity contribution in [3.05, 3.63) is 23.8 Å². The van der Waals surface area contributed by atoms with Gasteiger partial charge in [0.05, 0.1) is 16.1 Å². The van der Waals surface area contributed by atoms with Crippen LogP contribution in [-0.4, -0.2) is 37.4 Å². The smallest absolute Gasteiger partial charge is 0.412 e. The van der Waals surface area contributed by atoms with E-state index in [4.69, 9.17) is 9.84 Å². The van der Waals surface area contributed by atoms with Crippen LogP contribution in [0.25, 0.3) is 0 Å². The minimum Gasteiger partial charge on any atom is -0.478 e. The summed E-state index contributed by atoms with van der Waals surface area (Å²) in [5.74, 6) is -1.26. The van der Waals surface area contributed by atoms with E-state index in [0.29, 0.717) is 0 Å². The van der Waals surface area contributed by atoms with Crippen LogP contribution in [0.5, 0.6) is 0 Å². The molecule has 0 aromatic heterocycles. The number of carboxylic acids is 1. The Balaban J connectivity index is 3.19. The Kier molecular flexibility index (Phi) is 4.62. The van der Waals surface area contributed by atoms with Gasteiger partial charge in [-0.1, -0.05) is 0 Å². The number of hydrogen-bond acceptors (Lipinski definition) is 5. The first-order valence-corrected chi connectivity index (χ1v) is 7.87. The molecule has 0 aliphatic heterocycles. The quantitative estimate of drug-likeness (QED) is 0.884. The summed E-state index contributed by atoms with van der Waals surface area (Å²) in [6.45, 7) is 4.99. The minimum absolute atomic E-state index is 0.0308. The van der Waals surface area contributed by atoms with E-state index in [-0.39, 0.29) is 16.1 Å². The lowest BCUT2D eigenvalue weighted by atomic mass is 10.2. The molecule has 0 unspecified atom stereocenters. The molecule has 0 atom stereocenters. The number of carbonyl (C=O) groups excluding carboxylic acids is 1. The van der Waals surface area contributed by atoms with Gasteiger partial charge in [0, 0.05) is 6.26 Å². The molecule has 0 heterocycles. The van der Waals surface area contributed by atoms with Gasteiger partial charge in [-0.3, -0.25) is 5.32 Å². The molecule has 21 heavy (non-hydrogen) atoms. The maximum absolute atomic E-state index is 11.7. The summed E-state index contributed by atoms with van der Waals surface area (Å²) < 4.78 is 28.4. The molecule has 0 fully saturated rings. The fourth-order valence-electron chi connectivity index (χ4n) is 1.48. The highest BCUT2D eigenvalue weighted by molar-refractivity contribution is 7.90. The molecule has 0 radical (unpaired) electrons. The van der Waals surface area contributed by atoms with E-state index in [9.17, 15) is 18.0 Å². The largest absolute Gasteiger partial charge is 0.478 e. The molecule has 0 saturated heterocycles.